The first-order valence-corrected chi connectivity index (χ1v) is 8.69. The number of nitrogens with zero attached hydrogens (tertiary/aromatic N) is 4. The Hall–Kier alpha value is -1.73. The largest absolute Gasteiger partial charge is 0.496 e. The third kappa shape index (κ3) is 4.17. The SMILES string of the molecule is CCn1cnnc1CN(C)Cc1cc(OC)c(SC)cc1OC. The van der Waals surface area contributed by atoms with Gasteiger partial charge in [0.05, 0.1) is 25.7 Å². The Morgan fingerprint density at radius 2 is 1.91 bits per heavy atom. The molecule has 0 bridgehead atoms. The van der Waals surface area contributed by atoms with Crippen LogP contribution in [0, 0.1) is 0 Å². The molecule has 1 heterocycles. The number of aryl methyl sites for hydroxylation is 1. The lowest BCUT2D eigenvalue weighted by atomic mass is 10.1. The van der Waals surface area contributed by atoms with Crippen LogP contribution in [0.4, 0.5) is 0 Å². The summed E-state index contributed by atoms with van der Waals surface area (Å²) in [6.45, 7) is 4.42. The Bertz CT molecular complexity index is 645. The number of thioether (sulfide) groups is 1. The van der Waals surface area contributed by atoms with Gasteiger partial charge in [0.2, 0.25) is 0 Å². The van der Waals surface area contributed by atoms with Crippen molar-refractivity contribution in [2.24, 2.45) is 0 Å². The smallest absolute Gasteiger partial charge is 0.146 e. The topological polar surface area (TPSA) is 52.4 Å². The van der Waals surface area contributed by atoms with E-state index in [2.05, 4.69) is 29.1 Å². The molecule has 1 aromatic carbocycles. The number of aromatic nitrogens is 3. The summed E-state index contributed by atoms with van der Waals surface area (Å²) in [5, 5.41) is 8.16. The molecule has 0 spiro atoms. The van der Waals surface area contributed by atoms with Gasteiger partial charge < -0.3 is 14.0 Å². The van der Waals surface area contributed by atoms with Gasteiger partial charge in [-0.15, -0.1) is 22.0 Å². The number of benzene rings is 1. The number of rotatable bonds is 8. The molecule has 0 saturated heterocycles. The van der Waals surface area contributed by atoms with Crippen molar-refractivity contribution in [1.29, 1.82) is 0 Å². The summed E-state index contributed by atoms with van der Waals surface area (Å²) in [5.74, 6) is 2.71. The van der Waals surface area contributed by atoms with Crippen molar-refractivity contribution in [3.63, 3.8) is 0 Å². The molecule has 2 aromatic rings. The van der Waals surface area contributed by atoms with E-state index in [0.29, 0.717) is 0 Å². The average Bonchev–Trinajstić information content (AvgIpc) is 3.01. The minimum absolute atomic E-state index is 0.726. The zero-order chi connectivity index (χ0) is 16.8. The molecule has 0 amide bonds. The molecule has 0 aliphatic rings. The molecule has 126 valence electrons. The Kier molecular flexibility index (Phi) is 6.29. The number of hydrogen-bond acceptors (Lipinski definition) is 6. The average molecular weight is 336 g/mol. The fourth-order valence-corrected chi connectivity index (χ4v) is 3.04. The standard InChI is InChI=1S/C16H24N4O2S/c1-6-20-11-17-18-16(20)10-19(2)9-12-7-14(22-4)15(23-5)8-13(12)21-3/h7-8,11H,6,9-10H2,1-5H3. The minimum Gasteiger partial charge on any atom is -0.496 e. The molecular weight excluding hydrogens is 312 g/mol. The van der Waals surface area contributed by atoms with Crippen molar-refractivity contribution in [3.8, 4) is 11.5 Å². The third-order valence-electron chi connectivity index (χ3n) is 3.67. The van der Waals surface area contributed by atoms with E-state index in [0.717, 1.165) is 47.4 Å². The lowest BCUT2D eigenvalue weighted by Crippen LogP contribution is -2.20. The van der Waals surface area contributed by atoms with Crippen LogP contribution in [-0.2, 0) is 19.6 Å². The molecule has 23 heavy (non-hydrogen) atoms. The molecule has 0 radical (unpaired) electrons. The molecule has 0 aliphatic heterocycles. The Balaban J connectivity index is 2.18. The van der Waals surface area contributed by atoms with Gasteiger partial charge in [0.1, 0.15) is 23.7 Å². The highest BCUT2D eigenvalue weighted by molar-refractivity contribution is 7.98. The van der Waals surface area contributed by atoms with Crippen LogP contribution in [0.5, 0.6) is 11.5 Å². The summed E-state index contributed by atoms with van der Waals surface area (Å²) >= 11 is 1.65. The third-order valence-corrected chi connectivity index (χ3v) is 4.43. The number of hydrogen-bond donors (Lipinski definition) is 0. The summed E-state index contributed by atoms with van der Waals surface area (Å²) in [6, 6.07) is 4.08. The quantitative estimate of drug-likeness (QED) is 0.691. The predicted octanol–water partition coefficient (Wildman–Crippen LogP) is 2.67. The monoisotopic (exact) mass is 336 g/mol. The molecule has 0 fully saturated rings. The van der Waals surface area contributed by atoms with Gasteiger partial charge in [0, 0.05) is 18.7 Å². The van der Waals surface area contributed by atoms with Crippen molar-refractivity contribution in [2.75, 3.05) is 27.5 Å². The van der Waals surface area contributed by atoms with Gasteiger partial charge >= 0.3 is 0 Å². The second kappa shape index (κ2) is 8.21. The van der Waals surface area contributed by atoms with E-state index in [4.69, 9.17) is 9.47 Å². The fourth-order valence-electron chi connectivity index (χ4n) is 2.47. The second-order valence-corrected chi connectivity index (χ2v) is 6.07. The van der Waals surface area contributed by atoms with Gasteiger partial charge in [-0.1, -0.05) is 0 Å². The molecule has 6 nitrogen and oxygen atoms in total. The number of ether oxygens (including phenoxy) is 2. The zero-order valence-corrected chi connectivity index (χ0v) is 15.2. The van der Waals surface area contributed by atoms with Crippen LogP contribution in [0.1, 0.15) is 18.3 Å². The Morgan fingerprint density at radius 1 is 1.17 bits per heavy atom. The molecule has 0 N–H and O–H groups in total. The molecule has 0 unspecified atom stereocenters. The van der Waals surface area contributed by atoms with Crippen molar-refractivity contribution < 1.29 is 9.47 Å². The predicted molar refractivity (Wildman–Crippen MR) is 92.2 cm³/mol. The molecule has 0 aliphatic carbocycles. The maximum Gasteiger partial charge on any atom is 0.146 e. The maximum absolute atomic E-state index is 5.54. The summed E-state index contributed by atoms with van der Waals surface area (Å²) in [7, 11) is 5.45. The normalized spacial score (nSPS) is 11.0. The van der Waals surface area contributed by atoms with E-state index in [1.165, 1.54) is 0 Å². The van der Waals surface area contributed by atoms with Crippen LogP contribution < -0.4 is 9.47 Å². The van der Waals surface area contributed by atoms with E-state index in [1.54, 1.807) is 32.3 Å². The zero-order valence-electron chi connectivity index (χ0n) is 14.4. The van der Waals surface area contributed by atoms with E-state index < -0.39 is 0 Å². The van der Waals surface area contributed by atoms with Gasteiger partial charge in [-0.2, -0.15) is 0 Å². The summed E-state index contributed by atoms with van der Waals surface area (Å²) < 4.78 is 13.1. The van der Waals surface area contributed by atoms with Crippen LogP contribution in [0.25, 0.3) is 0 Å². The first kappa shape index (κ1) is 17.6. The van der Waals surface area contributed by atoms with Gasteiger partial charge in [-0.3, -0.25) is 4.90 Å². The van der Waals surface area contributed by atoms with E-state index in [9.17, 15) is 0 Å². The fraction of sp³-hybridized carbons (Fsp3) is 0.500. The van der Waals surface area contributed by atoms with Gasteiger partial charge in [0.15, 0.2) is 0 Å². The van der Waals surface area contributed by atoms with Crippen LogP contribution in [0.2, 0.25) is 0 Å². The maximum atomic E-state index is 5.54. The van der Waals surface area contributed by atoms with Crippen molar-refractivity contribution in [2.45, 2.75) is 31.5 Å². The molecular formula is C16H24N4O2S. The van der Waals surface area contributed by atoms with Gasteiger partial charge in [-0.05, 0) is 32.4 Å². The highest BCUT2D eigenvalue weighted by Gasteiger charge is 2.14. The second-order valence-electron chi connectivity index (χ2n) is 5.22. The van der Waals surface area contributed by atoms with Crippen molar-refractivity contribution >= 4 is 11.8 Å². The molecule has 7 heteroatoms. The lowest BCUT2D eigenvalue weighted by Gasteiger charge is -2.20. The molecule has 0 atom stereocenters. The summed E-state index contributed by atoms with van der Waals surface area (Å²) in [4.78, 5) is 3.26. The van der Waals surface area contributed by atoms with E-state index in [-0.39, 0.29) is 0 Å². The van der Waals surface area contributed by atoms with Crippen LogP contribution in [-0.4, -0.2) is 47.2 Å². The molecule has 0 saturated carbocycles. The Labute approximate surface area is 141 Å². The van der Waals surface area contributed by atoms with Crippen LogP contribution in [0.15, 0.2) is 23.4 Å². The summed E-state index contributed by atoms with van der Waals surface area (Å²) in [5.41, 5.74) is 1.09. The Morgan fingerprint density at radius 3 is 2.52 bits per heavy atom. The van der Waals surface area contributed by atoms with Crippen molar-refractivity contribution in [1.82, 2.24) is 19.7 Å². The first-order valence-electron chi connectivity index (χ1n) is 7.47. The van der Waals surface area contributed by atoms with Crippen molar-refractivity contribution in [3.05, 3.63) is 29.8 Å². The molecule has 1 aromatic heterocycles. The van der Waals surface area contributed by atoms with Crippen LogP contribution in [0.3, 0.4) is 0 Å². The first-order chi connectivity index (χ1) is 11.1. The van der Waals surface area contributed by atoms with Gasteiger partial charge in [0.25, 0.3) is 0 Å². The highest BCUT2D eigenvalue weighted by Crippen LogP contribution is 2.35. The lowest BCUT2D eigenvalue weighted by molar-refractivity contribution is 0.296. The minimum atomic E-state index is 0.726. The van der Waals surface area contributed by atoms with E-state index >= 15 is 0 Å². The summed E-state index contributed by atoms with van der Waals surface area (Å²) in [6.07, 6.45) is 3.79. The van der Waals surface area contributed by atoms with Gasteiger partial charge in [-0.25, -0.2) is 0 Å². The highest BCUT2D eigenvalue weighted by atomic mass is 32.2. The molecule has 2 rings (SSSR count). The van der Waals surface area contributed by atoms with Crippen LogP contribution >= 0.6 is 11.8 Å². The van der Waals surface area contributed by atoms with E-state index in [1.807, 2.05) is 23.0 Å². The number of methoxy groups -OCH3 is 2.